The summed E-state index contributed by atoms with van der Waals surface area (Å²) in [4.78, 5) is 23.5. The lowest BCUT2D eigenvalue weighted by atomic mass is 10.0. The number of nitrogens with one attached hydrogen (secondary N) is 1. The molecule has 1 atom stereocenters. The second-order valence-corrected chi connectivity index (χ2v) is 9.34. The van der Waals surface area contributed by atoms with Gasteiger partial charge in [0, 0.05) is 25.0 Å². The van der Waals surface area contributed by atoms with E-state index in [9.17, 15) is 4.79 Å². The number of pyridine rings is 1. The largest absolute Gasteiger partial charge is 0.344 e. The molecule has 1 amide bonds. The van der Waals surface area contributed by atoms with Crippen LogP contribution in [0.1, 0.15) is 45.8 Å². The molecular weight excluding hydrogens is 486 g/mol. The first-order chi connectivity index (χ1) is 19.0. The fourth-order valence-electron chi connectivity index (χ4n) is 4.66. The van der Waals surface area contributed by atoms with Gasteiger partial charge in [0.1, 0.15) is 5.52 Å². The van der Waals surface area contributed by atoms with E-state index >= 15 is 0 Å². The van der Waals surface area contributed by atoms with Gasteiger partial charge in [-0.15, -0.1) is 0 Å². The molecule has 39 heavy (non-hydrogen) atoms. The zero-order valence-corrected chi connectivity index (χ0v) is 21.8. The van der Waals surface area contributed by atoms with E-state index in [1.54, 1.807) is 15.4 Å². The highest BCUT2D eigenvalue weighted by Crippen LogP contribution is 2.29. The molecule has 0 aliphatic rings. The third-order valence-electron chi connectivity index (χ3n) is 6.52. The summed E-state index contributed by atoms with van der Waals surface area (Å²) in [5.41, 5.74) is 7.24. The lowest BCUT2D eigenvalue weighted by Crippen LogP contribution is -2.28. The average molecular weight is 512 g/mol. The molecule has 6 aromatic rings. The summed E-state index contributed by atoms with van der Waals surface area (Å²) in [5.74, 6) is 6.19. The Morgan fingerprint density at radius 2 is 1.79 bits per heavy atom. The predicted octanol–water partition coefficient (Wildman–Crippen LogP) is 4.88. The zero-order valence-electron chi connectivity index (χ0n) is 21.8. The molecule has 2 aromatic carbocycles. The van der Waals surface area contributed by atoms with E-state index in [2.05, 4.69) is 27.4 Å². The number of benzene rings is 2. The first kappa shape index (κ1) is 24.1. The molecule has 8 nitrogen and oxygen atoms in total. The van der Waals surface area contributed by atoms with Gasteiger partial charge in [-0.2, -0.15) is 10.2 Å². The van der Waals surface area contributed by atoms with Gasteiger partial charge in [-0.25, -0.2) is 14.5 Å². The third kappa shape index (κ3) is 4.62. The van der Waals surface area contributed by atoms with Crippen molar-refractivity contribution < 1.29 is 4.79 Å². The molecular formula is C31H25N7O. The number of nitrogens with zero attached hydrogens (tertiary/aromatic N) is 6. The van der Waals surface area contributed by atoms with Crippen LogP contribution in [0.15, 0.2) is 85.3 Å². The van der Waals surface area contributed by atoms with Crippen molar-refractivity contribution in [1.29, 1.82) is 0 Å². The number of amides is 1. The minimum Gasteiger partial charge on any atom is -0.344 e. The fourth-order valence-corrected chi connectivity index (χ4v) is 4.66. The Hall–Kier alpha value is -5.29. The molecule has 8 heteroatoms. The Labute approximate surface area is 225 Å². The fraction of sp³-hybridized carbons (Fsp3) is 0.129. The van der Waals surface area contributed by atoms with Crippen LogP contribution in [0.3, 0.4) is 0 Å². The van der Waals surface area contributed by atoms with Crippen molar-refractivity contribution in [3.63, 3.8) is 0 Å². The lowest BCUT2D eigenvalue weighted by Gasteiger charge is -2.18. The lowest BCUT2D eigenvalue weighted by molar-refractivity contribution is 0.0940. The molecule has 0 aliphatic heterocycles. The highest BCUT2D eigenvalue weighted by molar-refractivity contribution is 6.02. The number of fused-ring (bicyclic) bond motifs is 2. The summed E-state index contributed by atoms with van der Waals surface area (Å²) in [6.45, 7) is 3.76. The van der Waals surface area contributed by atoms with E-state index in [4.69, 9.17) is 9.97 Å². The molecule has 0 radical (unpaired) electrons. The van der Waals surface area contributed by atoms with Crippen LogP contribution in [0.2, 0.25) is 0 Å². The second kappa shape index (κ2) is 9.88. The van der Waals surface area contributed by atoms with E-state index in [0.29, 0.717) is 33.7 Å². The van der Waals surface area contributed by atoms with Gasteiger partial charge in [0.2, 0.25) is 0 Å². The average Bonchev–Trinajstić information content (AvgIpc) is 3.52. The summed E-state index contributed by atoms with van der Waals surface area (Å²) in [6.07, 6.45) is 5.43. The summed E-state index contributed by atoms with van der Waals surface area (Å²) in [5, 5.41) is 11.8. The van der Waals surface area contributed by atoms with Crippen molar-refractivity contribution in [2.75, 3.05) is 0 Å². The molecule has 6 rings (SSSR count). The smallest absolute Gasteiger partial charge is 0.255 e. The molecule has 190 valence electrons. The number of carbonyl (C=O) groups is 1. The minimum atomic E-state index is -0.423. The summed E-state index contributed by atoms with van der Waals surface area (Å²) in [7, 11) is 1.86. The van der Waals surface area contributed by atoms with Crippen molar-refractivity contribution in [1.82, 2.24) is 34.7 Å². The van der Waals surface area contributed by atoms with E-state index in [1.807, 2.05) is 100 Å². The molecule has 1 N–H and O–H groups in total. The van der Waals surface area contributed by atoms with Gasteiger partial charge in [-0.05, 0) is 38.1 Å². The highest BCUT2D eigenvalue weighted by atomic mass is 16.1. The van der Waals surface area contributed by atoms with Crippen LogP contribution in [0.5, 0.6) is 0 Å². The topological polar surface area (TPSA) is 90.0 Å². The zero-order chi connectivity index (χ0) is 26.9. The van der Waals surface area contributed by atoms with Crippen LogP contribution >= 0.6 is 0 Å². The van der Waals surface area contributed by atoms with E-state index in [0.717, 1.165) is 22.2 Å². The summed E-state index contributed by atoms with van der Waals surface area (Å²) < 4.78 is 3.44. The number of rotatable bonds is 4. The molecule has 4 heterocycles. The predicted molar refractivity (Wildman–Crippen MR) is 150 cm³/mol. The Balaban J connectivity index is 1.43. The first-order valence-electron chi connectivity index (χ1n) is 12.6. The third-order valence-corrected chi connectivity index (χ3v) is 6.52. The van der Waals surface area contributed by atoms with Crippen molar-refractivity contribution >= 4 is 22.5 Å². The van der Waals surface area contributed by atoms with Gasteiger partial charge < -0.3 is 5.32 Å². The quantitative estimate of drug-likeness (QED) is 0.341. The normalized spacial score (nSPS) is 11.8. The Kier molecular flexibility index (Phi) is 6.10. The number of hydrogen-bond acceptors (Lipinski definition) is 5. The second-order valence-electron chi connectivity index (χ2n) is 9.34. The SMILES string of the molecule is Cc1nn2ccccc2c1C(=O)N[C@@H](C)c1nc2cccc(C#Cc3cnn(C)c3)c2nc1-c1ccccc1. The first-order valence-corrected chi connectivity index (χ1v) is 12.6. The van der Waals surface area contributed by atoms with Crippen LogP contribution in [0, 0.1) is 18.8 Å². The molecule has 0 spiro atoms. The van der Waals surface area contributed by atoms with E-state index in [-0.39, 0.29) is 5.91 Å². The van der Waals surface area contributed by atoms with Crippen LogP contribution in [0.25, 0.3) is 27.8 Å². The number of hydrogen-bond donors (Lipinski definition) is 1. The van der Waals surface area contributed by atoms with Crippen molar-refractivity contribution in [3.8, 4) is 23.1 Å². The number of carbonyl (C=O) groups excluding carboxylic acids is 1. The molecule has 0 aliphatic carbocycles. The Morgan fingerprint density at radius 1 is 0.974 bits per heavy atom. The summed E-state index contributed by atoms with van der Waals surface area (Å²) >= 11 is 0. The molecule has 4 aromatic heterocycles. The number of para-hydroxylation sites is 1. The van der Waals surface area contributed by atoms with Crippen molar-refractivity contribution in [3.05, 3.63) is 113 Å². The Morgan fingerprint density at radius 3 is 2.59 bits per heavy atom. The van der Waals surface area contributed by atoms with Gasteiger partial charge in [0.15, 0.2) is 0 Å². The minimum absolute atomic E-state index is 0.210. The van der Waals surface area contributed by atoms with Gasteiger partial charge in [-0.1, -0.05) is 54.3 Å². The van der Waals surface area contributed by atoms with Gasteiger partial charge in [-0.3, -0.25) is 9.48 Å². The van der Waals surface area contributed by atoms with E-state index in [1.165, 1.54) is 0 Å². The van der Waals surface area contributed by atoms with Crippen LogP contribution in [-0.2, 0) is 7.05 Å². The van der Waals surface area contributed by atoms with Crippen LogP contribution in [0.4, 0.5) is 0 Å². The maximum Gasteiger partial charge on any atom is 0.255 e. The molecule has 0 unspecified atom stereocenters. The van der Waals surface area contributed by atoms with Crippen molar-refractivity contribution in [2.45, 2.75) is 19.9 Å². The van der Waals surface area contributed by atoms with Gasteiger partial charge >= 0.3 is 0 Å². The van der Waals surface area contributed by atoms with Crippen molar-refractivity contribution in [2.24, 2.45) is 7.05 Å². The molecule has 0 fully saturated rings. The van der Waals surface area contributed by atoms with Crippen LogP contribution < -0.4 is 5.32 Å². The highest BCUT2D eigenvalue weighted by Gasteiger charge is 2.23. The molecule has 0 saturated carbocycles. The Bertz CT molecular complexity index is 1910. The maximum absolute atomic E-state index is 13.5. The molecule has 0 bridgehead atoms. The van der Waals surface area contributed by atoms with Gasteiger partial charge in [0.05, 0.1) is 57.0 Å². The maximum atomic E-state index is 13.5. The number of aryl methyl sites for hydroxylation is 2. The molecule has 0 saturated heterocycles. The monoisotopic (exact) mass is 511 g/mol. The standard InChI is InChI=1S/C31H25N7O/c1-20-27(26-14-7-8-17-38(26)36-20)31(39)33-21(2)28-30(23-10-5-4-6-11-23)35-29-24(12-9-13-25(29)34-28)16-15-22-18-32-37(3)19-22/h4-14,17-19,21H,1-3H3,(H,33,39)/t21-/m0/s1. The summed E-state index contributed by atoms with van der Waals surface area (Å²) in [6, 6.07) is 20.9. The number of aromatic nitrogens is 6. The van der Waals surface area contributed by atoms with Gasteiger partial charge in [0.25, 0.3) is 5.91 Å². The van der Waals surface area contributed by atoms with Crippen LogP contribution in [-0.4, -0.2) is 35.3 Å². The van der Waals surface area contributed by atoms with E-state index < -0.39 is 6.04 Å².